The van der Waals surface area contributed by atoms with E-state index >= 15 is 0 Å². The molecule has 1 heterocycles. The van der Waals surface area contributed by atoms with Crippen LogP contribution in [-0.2, 0) is 6.54 Å². The van der Waals surface area contributed by atoms with E-state index < -0.39 is 17.1 Å². The SMILES string of the molecule is O=c1[nH]cc(F)c(=O)n1Cc1ccccc1. The molecular formula is C11H9FN2O2. The first kappa shape index (κ1) is 10.4. The molecule has 4 nitrogen and oxygen atoms in total. The molecule has 0 unspecified atom stereocenters. The summed E-state index contributed by atoms with van der Waals surface area (Å²) in [6.07, 6.45) is 0.770. The lowest BCUT2D eigenvalue weighted by Crippen LogP contribution is -2.36. The molecule has 1 N–H and O–H groups in total. The zero-order valence-electron chi connectivity index (χ0n) is 8.31. The second-order valence-corrected chi connectivity index (χ2v) is 3.32. The standard InChI is InChI=1S/C11H9FN2O2/c12-9-6-13-11(16)14(10(9)15)7-8-4-2-1-3-5-8/h1-6H,7H2,(H,13,16). The van der Waals surface area contributed by atoms with Crippen LogP contribution in [0.2, 0.25) is 0 Å². The molecule has 2 rings (SSSR count). The first-order chi connectivity index (χ1) is 7.68. The molecule has 0 saturated heterocycles. The van der Waals surface area contributed by atoms with Crippen molar-refractivity contribution in [3.63, 3.8) is 0 Å². The van der Waals surface area contributed by atoms with Crippen molar-refractivity contribution in [2.75, 3.05) is 0 Å². The van der Waals surface area contributed by atoms with Crippen LogP contribution in [-0.4, -0.2) is 9.55 Å². The van der Waals surface area contributed by atoms with Gasteiger partial charge in [-0.2, -0.15) is 4.39 Å². The van der Waals surface area contributed by atoms with Crippen LogP contribution in [0.15, 0.2) is 46.1 Å². The Balaban J connectivity index is 2.47. The number of nitrogens with one attached hydrogen (secondary N) is 1. The second-order valence-electron chi connectivity index (χ2n) is 3.32. The van der Waals surface area contributed by atoms with Gasteiger partial charge in [0, 0.05) is 6.20 Å². The monoisotopic (exact) mass is 220 g/mol. The largest absolute Gasteiger partial charge is 0.328 e. The van der Waals surface area contributed by atoms with Crippen molar-refractivity contribution < 1.29 is 4.39 Å². The van der Waals surface area contributed by atoms with Crippen molar-refractivity contribution >= 4 is 0 Å². The number of halogens is 1. The van der Waals surface area contributed by atoms with Crippen LogP contribution in [0.1, 0.15) is 5.56 Å². The van der Waals surface area contributed by atoms with E-state index in [0.29, 0.717) is 0 Å². The van der Waals surface area contributed by atoms with E-state index in [1.165, 1.54) is 0 Å². The predicted octanol–water partition coefficient (Wildman–Crippen LogP) is 0.724. The molecule has 1 aromatic heterocycles. The van der Waals surface area contributed by atoms with Gasteiger partial charge < -0.3 is 4.98 Å². The van der Waals surface area contributed by atoms with Crippen molar-refractivity contribution in [3.8, 4) is 0 Å². The molecule has 0 atom stereocenters. The zero-order valence-corrected chi connectivity index (χ0v) is 8.31. The molecule has 0 aliphatic carbocycles. The molecule has 0 spiro atoms. The molecular weight excluding hydrogens is 211 g/mol. The summed E-state index contributed by atoms with van der Waals surface area (Å²) in [5.74, 6) is -0.962. The zero-order chi connectivity index (χ0) is 11.5. The van der Waals surface area contributed by atoms with Crippen LogP contribution in [0.4, 0.5) is 4.39 Å². The summed E-state index contributed by atoms with van der Waals surface area (Å²) < 4.78 is 13.8. The van der Waals surface area contributed by atoms with Crippen molar-refractivity contribution in [3.05, 3.63) is 68.7 Å². The van der Waals surface area contributed by atoms with E-state index in [2.05, 4.69) is 4.98 Å². The van der Waals surface area contributed by atoms with Crippen molar-refractivity contribution in [2.45, 2.75) is 6.54 Å². The number of benzene rings is 1. The fourth-order valence-corrected chi connectivity index (χ4v) is 1.40. The minimum atomic E-state index is -0.962. The van der Waals surface area contributed by atoms with Crippen LogP contribution in [0, 0.1) is 5.82 Å². The van der Waals surface area contributed by atoms with Crippen molar-refractivity contribution in [1.82, 2.24) is 9.55 Å². The Morgan fingerprint density at radius 3 is 2.56 bits per heavy atom. The molecule has 82 valence electrons. The Labute approximate surface area is 90.0 Å². The highest BCUT2D eigenvalue weighted by atomic mass is 19.1. The van der Waals surface area contributed by atoms with Crippen molar-refractivity contribution in [1.29, 1.82) is 0 Å². The van der Waals surface area contributed by atoms with Crippen LogP contribution >= 0.6 is 0 Å². The Hall–Kier alpha value is -2.17. The van der Waals surface area contributed by atoms with Crippen LogP contribution in [0.5, 0.6) is 0 Å². The summed E-state index contributed by atoms with van der Waals surface area (Å²) >= 11 is 0. The minimum absolute atomic E-state index is 0.0623. The van der Waals surface area contributed by atoms with E-state index in [4.69, 9.17) is 0 Å². The smallest absolute Gasteiger partial charge is 0.311 e. The summed E-state index contributed by atoms with van der Waals surface area (Å²) in [4.78, 5) is 24.9. The van der Waals surface area contributed by atoms with Crippen LogP contribution in [0.25, 0.3) is 0 Å². The Morgan fingerprint density at radius 1 is 1.19 bits per heavy atom. The van der Waals surface area contributed by atoms with Gasteiger partial charge in [0.1, 0.15) is 0 Å². The topological polar surface area (TPSA) is 54.9 Å². The lowest BCUT2D eigenvalue weighted by molar-refractivity contribution is 0.557. The number of H-pyrrole nitrogens is 1. The van der Waals surface area contributed by atoms with Gasteiger partial charge in [-0.15, -0.1) is 0 Å². The lowest BCUT2D eigenvalue weighted by atomic mass is 10.2. The molecule has 1 aromatic carbocycles. The van der Waals surface area contributed by atoms with E-state index in [0.717, 1.165) is 16.3 Å². The lowest BCUT2D eigenvalue weighted by Gasteiger charge is -2.03. The number of hydrogen-bond acceptors (Lipinski definition) is 2. The van der Waals surface area contributed by atoms with Gasteiger partial charge in [0.05, 0.1) is 6.54 Å². The third-order valence-corrected chi connectivity index (χ3v) is 2.20. The summed E-state index contributed by atoms with van der Waals surface area (Å²) in [5, 5.41) is 0. The van der Waals surface area contributed by atoms with Crippen LogP contribution < -0.4 is 11.2 Å². The molecule has 16 heavy (non-hydrogen) atoms. The molecule has 0 aliphatic heterocycles. The average Bonchev–Trinajstić information content (AvgIpc) is 2.31. The highest BCUT2D eigenvalue weighted by molar-refractivity contribution is 5.15. The molecule has 0 radical (unpaired) electrons. The molecule has 0 aliphatic rings. The third-order valence-electron chi connectivity index (χ3n) is 2.20. The third kappa shape index (κ3) is 1.93. The van der Waals surface area contributed by atoms with E-state index in [-0.39, 0.29) is 6.54 Å². The van der Waals surface area contributed by atoms with Gasteiger partial charge >= 0.3 is 5.69 Å². The molecule has 0 fully saturated rings. The number of rotatable bonds is 2. The molecule has 5 heteroatoms. The minimum Gasteiger partial charge on any atom is -0.311 e. The maximum atomic E-state index is 13.0. The van der Waals surface area contributed by atoms with E-state index in [9.17, 15) is 14.0 Å². The van der Waals surface area contributed by atoms with Gasteiger partial charge in [0.25, 0.3) is 5.56 Å². The van der Waals surface area contributed by atoms with Gasteiger partial charge in [0.15, 0.2) is 0 Å². The Morgan fingerprint density at radius 2 is 1.88 bits per heavy atom. The van der Waals surface area contributed by atoms with Gasteiger partial charge in [-0.1, -0.05) is 30.3 Å². The van der Waals surface area contributed by atoms with Gasteiger partial charge in [-0.05, 0) is 5.56 Å². The van der Waals surface area contributed by atoms with E-state index in [1.54, 1.807) is 24.3 Å². The van der Waals surface area contributed by atoms with E-state index in [1.807, 2.05) is 6.07 Å². The summed E-state index contributed by atoms with van der Waals surface area (Å²) in [7, 11) is 0. The number of aromatic nitrogens is 2. The van der Waals surface area contributed by atoms with Gasteiger partial charge in [-0.3, -0.25) is 9.36 Å². The highest BCUT2D eigenvalue weighted by Gasteiger charge is 2.06. The fraction of sp³-hybridized carbons (Fsp3) is 0.0909. The highest BCUT2D eigenvalue weighted by Crippen LogP contribution is 1.98. The summed E-state index contributed by atoms with van der Waals surface area (Å²) in [6.45, 7) is 0.0623. The number of aromatic amines is 1. The van der Waals surface area contributed by atoms with Gasteiger partial charge in [-0.25, -0.2) is 4.79 Å². The predicted molar refractivity (Wildman–Crippen MR) is 56.8 cm³/mol. The Kier molecular flexibility index (Phi) is 2.68. The molecule has 0 saturated carbocycles. The molecule has 2 aromatic rings. The average molecular weight is 220 g/mol. The second kappa shape index (κ2) is 4.14. The van der Waals surface area contributed by atoms with Gasteiger partial charge in [0.2, 0.25) is 5.82 Å². The number of hydrogen-bond donors (Lipinski definition) is 1. The summed E-state index contributed by atoms with van der Waals surface area (Å²) in [6, 6.07) is 8.91. The maximum absolute atomic E-state index is 13.0. The van der Waals surface area contributed by atoms with Crippen LogP contribution in [0.3, 0.4) is 0 Å². The quantitative estimate of drug-likeness (QED) is 0.810. The summed E-state index contributed by atoms with van der Waals surface area (Å²) in [5.41, 5.74) is -0.761. The normalized spacial score (nSPS) is 10.3. The molecule has 0 bridgehead atoms. The molecule has 0 amide bonds. The first-order valence-corrected chi connectivity index (χ1v) is 4.70. The number of nitrogens with zero attached hydrogens (tertiary/aromatic N) is 1. The maximum Gasteiger partial charge on any atom is 0.328 e. The van der Waals surface area contributed by atoms with Crippen molar-refractivity contribution in [2.24, 2.45) is 0 Å². The fourth-order valence-electron chi connectivity index (χ4n) is 1.40. The Bertz CT molecular complexity index is 601. The first-order valence-electron chi connectivity index (χ1n) is 4.70.